The molecule has 1 aromatic heterocycles. The molecule has 3 N–H and O–H groups in total. The van der Waals surface area contributed by atoms with Crippen molar-refractivity contribution in [2.45, 2.75) is 37.8 Å². The molecule has 3 rings (SSSR count). The first-order valence-electron chi connectivity index (χ1n) is 7.75. The maximum Gasteiger partial charge on any atom is 0.222 e. The highest BCUT2D eigenvalue weighted by Crippen LogP contribution is 2.29. The van der Waals surface area contributed by atoms with Crippen molar-refractivity contribution in [3.8, 4) is 11.8 Å². The minimum absolute atomic E-state index is 0.110. The smallest absolute Gasteiger partial charge is 0.222 e. The van der Waals surface area contributed by atoms with E-state index < -0.39 is 0 Å². The van der Waals surface area contributed by atoms with E-state index in [1.54, 1.807) is 30.6 Å². The van der Waals surface area contributed by atoms with E-state index in [2.05, 4.69) is 21.4 Å². The number of hydrogen-bond acceptors (Lipinski definition) is 6. The summed E-state index contributed by atoms with van der Waals surface area (Å²) in [5.74, 6) is 1.25. The molecule has 0 spiro atoms. The fraction of sp³-hybridized carbons (Fsp3) is 0.353. The molecule has 0 aliphatic heterocycles. The monoisotopic (exact) mass is 309 g/mol. The van der Waals surface area contributed by atoms with Crippen LogP contribution < -0.4 is 15.8 Å². The number of benzene rings is 1. The van der Waals surface area contributed by atoms with E-state index in [-0.39, 0.29) is 6.10 Å². The zero-order chi connectivity index (χ0) is 16.1. The minimum Gasteiger partial charge on any atom is -0.489 e. The summed E-state index contributed by atoms with van der Waals surface area (Å²) in [6.07, 6.45) is 7.37. The van der Waals surface area contributed by atoms with Gasteiger partial charge in [-0.2, -0.15) is 5.26 Å². The van der Waals surface area contributed by atoms with Crippen molar-refractivity contribution >= 4 is 11.6 Å². The molecule has 0 amide bonds. The fourth-order valence-corrected chi connectivity index (χ4v) is 2.83. The third-order valence-corrected chi connectivity index (χ3v) is 4.04. The van der Waals surface area contributed by atoms with E-state index in [1.165, 1.54) is 0 Å². The molecule has 6 heteroatoms. The average Bonchev–Trinajstić information content (AvgIpc) is 2.58. The summed E-state index contributed by atoms with van der Waals surface area (Å²) in [5, 5.41) is 12.5. The van der Waals surface area contributed by atoms with Gasteiger partial charge in [0.2, 0.25) is 5.95 Å². The average molecular weight is 309 g/mol. The molecule has 0 atom stereocenters. The van der Waals surface area contributed by atoms with Crippen molar-refractivity contribution in [3.63, 3.8) is 0 Å². The maximum atomic E-state index is 9.20. The fourth-order valence-electron chi connectivity index (χ4n) is 2.83. The Balaban J connectivity index is 1.56. The Bertz CT molecular complexity index is 690. The molecule has 1 aliphatic rings. The first-order chi connectivity index (χ1) is 11.3. The maximum absolute atomic E-state index is 9.20. The van der Waals surface area contributed by atoms with E-state index in [0.717, 1.165) is 25.7 Å². The molecule has 2 aromatic rings. The van der Waals surface area contributed by atoms with E-state index in [0.29, 0.717) is 29.0 Å². The van der Waals surface area contributed by atoms with Gasteiger partial charge in [-0.25, -0.2) is 9.97 Å². The van der Waals surface area contributed by atoms with Crippen molar-refractivity contribution < 1.29 is 4.74 Å². The van der Waals surface area contributed by atoms with Crippen LogP contribution in [0, 0.1) is 11.3 Å². The minimum atomic E-state index is 0.110. The molecule has 1 aromatic carbocycles. The number of nitrogens with one attached hydrogen (secondary N) is 1. The Morgan fingerprint density at radius 3 is 2.57 bits per heavy atom. The molecule has 23 heavy (non-hydrogen) atoms. The molecule has 1 aliphatic carbocycles. The number of aromatic nitrogens is 2. The number of nitriles is 1. The van der Waals surface area contributed by atoms with Crippen LogP contribution in [0.25, 0.3) is 0 Å². The number of nitrogens with zero attached hydrogens (tertiary/aromatic N) is 3. The standard InChI is InChI=1S/C17H19N5O/c18-11-14-15(19)3-1-4-16(14)23-13-7-5-12(6-8-13)22-17-20-9-2-10-21-17/h1-4,9-10,12-13H,5-8,19H2,(H,20,21,22)/t12-,13-. The van der Waals surface area contributed by atoms with E-state index in [9.17, 15) is 5.26 Å². The zero-order valence-electron chi connectivity index (χ0n) is 12.8. The van der Waals surface area contributed by atoms with E-state index in [4.69, 9.17) is 10.5 Å². The molecule has 0 unspecified atom stereocenters. The lowest BCUT2D eigenvalue weighted by Gasteiger charge is -2.29. The highest BCUT2D eigenvalue weighted by molar-refractivity contribution is 5.60. The van der Waals surface area contributed by atoms with Crippen LogP contribution in [0.1, 0.15) is 31.2 Å². The summed E-state index contributed by atoms with van der Waals surface area (Å²) >= 11 is 0. The molecule has 0 radical (unpaired) electrons. The largest absolute Gasteiger partial charge is 0.489 e. The van der Waals surface area contributed by atoms with E-state index in [1.807, 2.05) is 6.07 Å². The Kier molecular flexibility index (Phi) is 4.57. The van der Waals surface area contributed by atoms with Gasteiger partial charge < -0.3 is 15.8 Å². The number of ether oxygens (including phenoxy) is 1. The summed E-state index contributed by atoms with van der Waals surface area (Å²) in [4.78, 5) is 8.38. The molecule has 0 saturated heterocycles. The Labute approximate surface area is 135 Å². The Hall–Kier alpha value is -2.81. The van der Waals surface area contributed by atoms with Crippen LogP contribution in [0.2, 0.25) is 0 Å². The Morgan fingerprint density at radius 2 is 1.87 bits per heavy atom. The summed E-state index contributed by atoms with van der Waals surface area (Å²) in [6.45, 7) is 0. The molecule has 0 bridgehead atoms. The van der Waals surface area contributed by atoms with E-state index >= 15 is 0 Å². The van der Waals surface area contributed by atoms with Gasteiger partial charge in [0.15, 0.2) is 0 Å². The predicted molar refractivity (Wildman–Crippen MR) is 87.9 cm³/mol. The number of rotatable bonds is 4. The van der Waals surface area contributed by atoms with Crippen LogP contribution in [-0.4, -0.2) is 22.1 Å². The second-order valence-electron chi connectivity index (χ2n) is 5.64. The van der Waals surface area contributed by atoms with Gasteiger partial charge in [0.1, 0.15) is 17.4 Å². The normalized spacial score (nSPS) is 20.5. The SMILES string of the molecule is N#Cc1c(N)cccc1O[C@H]1CC[C@H](Nc2ncccn2)CC1. The van der Waals surface area contributed by atoms with Gasteiger partial charge in [-0.05, 0) is 43.9 Å². The van der Waals surface area contributed by atoms with Crippen LogP contribution in [0.4, 0.5) is 11.6 Å². The van der Waals surface area contributed by atoms with Gasteiger partial charge in [-0.3, -0.25) is 0 Å². The van der Waals surface area contributed by atoms with Gasteiger partial charge in [-0.1, -0.05) is 6.07 Å². The van der Waals surface area contributed by atoms with Crippen LogP contribution >= 0.6 is 0 Å². The second-order valence-corrected chi connectivity index (χ2v) is 5.64. The van der Waals surface area contributed by atoms with Crippen molar-refractivity contribution in [3.05, 3.63) is 42.2 Å². The van der Waals surface area contributed by atoms with Gasteiger partial charge in [-0.15, -0.1) is 0 Å². The quantitative estimate of drug-likeness (QED) is 0.843. The molecular weight excluding hydrogens is 290 g/mol. The molecule has 118 valence electrons. The van der Waals surface area contributed by atoms with Crippen LogP contribution in [0.5, 0.6) is 5.75 Å². The lowest BCUT2D eigenvalue weighted by molar-refractivity contribution is 0.149. The highest BCUT2D eigenvalue weighted by atomic mass is 16.5. The number of nitrogen functional groups attached to an aromatic ring is 1. The number of hydrogen-bond donors (Lipinski definition) is 2. The summed E-state index contributed by atoms with van der Waals surface area (Å²) in [5.41, 5.74) is 6.70. The van der Waals surface area contributed by atoms with Crippen LogP contribution in [-0.2, 0) is 0 Å². The lowest BCUT2D eigenvalue weighted by Crippen LogP contribution is -2.31. The van der Waals surface area contributed by atoms with Gasteiger partial charge in [0.25, 0.3) is 0 Å². The molecule has 1 saturated carbocycles. The van der Waals surface area contributed by atoms with Crippen molar-refractivity contribution in [1.29, 1.82) is 5.26 Å². The predicted octanol–water partition coefficient (Wildman–Crippen LogP) is 2.73. The summed E-state index contributed by atoms with van der Waals surface area (Å²) in [7, 11) is 0. The van der Waals surface area contributed by atoms with Crippen molar-refractivity contribution in [2.75, 3.05) is 11.1 Å². The zero-order valence-corrected chi connectivity index (χ0v) is 12.8. The molecular formula is C17H19N5O. The first-order valence-corrected chi connectivity index (χ1v) is 7.75. The van der Waals surface area contributed by atoms with Crippen molar-refractivity contribution in [1.82, 2.24) is 9.97 Å². The van der Waals surface area contributed by atoms with Crippen LogP contribution in [0.3, 0.4) is 0 Å². The summed E-state index contributed by atoms with van der Waals surface area (Å²) < 4.78 is 6.00. The number of anilines is 2. The molecule has 6 nitrogen and oxygen atoms in total. The van der Waals surface area contributed by atoms with Gasteiger partial charge in [0.05, 0.1) is 11.8 Å². The third kappa shape index (κ3) is 3.69. The summed E-state index contributed by atoms with van der Waals surface area (Å²) in [6, 6.07) is 9.60. The topological polar surface area (TPSA) is 96.9 Å². The highest BCUT2D eigenvalue weighted by Gasteiger charge is 2.23. The molecule has 1 heterocycles. The van der Waals surface area contributed by atoms with Gasteiger partial charge in [0, 0.05) is 18.4 Å². The molecule has 1 fully saturated rings. The number of nitrogens with two attached hydrogens (primary N) is 1. The van der Waals surface area contributed by atoms with Gasteiger partial charge >= 0.3 is 0 Å². The third-order valence-electron chi connectivity index (χ3n) is 4.04. The second kappa shape index (κ2) is 6.97. The first kappa shape index (κ1) is 15.1. The lowest BCUT2D eigenvalue weighted by atomic mass is 9.93. The Morgan fingerprint density at radius 1 is 1.13 bits per heavy atom. The van der Waals surface area contributed by atoms with Crippen molar-refractivity contribution in [2.24, 2.45) is 0 Å². The van der Waals surface area contributed by atoms with Crippen LogP contribution in [0.15, 0.2) is 36.7 Å².